The molecule has 0 saturated heterocycles. The molecule has 0 radical (unpaired) electrons. The number of methoxy groups -OCH3 is 2. The first-order chi connectivity index (χ1) is 15.9. The normalized spacial score (nSPS) is 10.9. The molecule has 0 aliphatic rings. The monoisotopic (exact) mass is 467 g/mol. The highest BCUT2D eigenvalue weighted by atomic mass is 35.5. The number of furan rings is 1. The molecule has 0 aliphatic heterocycles. The van der Waals surface area contributed by atoms with Crippen molar-refractivity contribution in [3.63, 3.8) is 0 Å². The van der Waals surface area contributed by atoms with Gasteiger partial charge in [-0.2, -0.15) is 5.26 Å². The van der Waals surface area contributed by atoms with Crippen LogP contribution in [-0.2, 0) is 11.3 Å². The van der Waals surface area contributed by atoms with E-state index < -0.39 is 10.8 Å². The maximum Gasteiger partial charge on any atom is 0.288 e. The minimum atomic E-state index is -0.601. The third-order valence-corrected chi connectivity index (χ3v) is 4.96. The van der Waals surface area contributed by atoms with Gasteiger partial charge in [-0.25, -0.2) is 0 Å². The second-order valence-corrected chi connectivity index (χ2v) is 7.06. The summed E-state index contributed by atoms with van der Waals surface area (Å²) in [7, 11) is 3.04. The highest BCUT2D eigenvalue weighted by molar-refractivity contribution is 6.32. The Bertz CT molecular complexity index is 1280. The number of halogens is 1. The number of carbonyl (C=O) groups is 1. The van der Waals surface area contributed by atoms with Crippen molar-refractivity contribution in [2.75, 3.05) is 14.2 Å². The predicted molar refractivity (Wildman–Crippen MR) is 121 cm³/mol. The van der Waals surface area contributed by atoms with E-state index >= 15 is 0 Å². The van der Waals surface area contributed by atoms with Gasteiger partial charge in [-0.1, -0.05) is 11.6 Å². The number of carbonyl (C=O) groups excluding carboxylic acids is 1. The molecule has 1 amide bonds. The molecule has 0 fully saturated rings. The number of nitrogens with one attached hydrogen (secondary N) is 1. The van der Waals surface area contributed by atoms with Crippen molar-refractivity contribution in [1.82, 2.24) is 5.32 Å². The summed E-state index contributed by atoms with van der Waals surface area (Å²) in [6.07, 6.45) is 1.29. The van der Waals surface area contributed by atoms with E-state index in [-0.39, 0.29) is 28.6 Å². The number of hydrogen-bond donors (Lipinski definition) is 1. The molecule has 33 heavy (non-hydrogen) atoms. The summed E-state index contributed by atoms with van der Waals surface area (Å²) in [5.41, 5.74) is 0.702. The van der Waals surface area contributed by atoms with Crippen molar-refractivity contribution in [2.24, 2.45) is 0 Å². The van der Waals surface area contributed by atoms with Gasteiger partial charge in [0, 0.05) is 35.9 Å². The van der Waals surface area contributed by atoms with Crippen LogP contribution in [0.2, 0.25) is 5.02 Å². The number of nitriles is 1. The summed E-state index contributed by atoms with van der Waals surface area (Å²) in [6, 6.07) is 14.4. The maximum atomic E-state index is 12.5. The standard InChI is InChI=1S/C23H18ClN3O6/c1-31-17-5-3-15(22(11-17)32-2)13-26-23(28)16(12-25)9-18-6-8-21(33-18)14-4-7-19(24)20(10-14)27(29)30/h3-11H,13H2,1-2H3,(H,26,28)/b16-9+. The molecule has 3 rings (SSSR count). The fourth-order valence-corrected chi connectivity index (χ4v) is 3.14. The van der Waals surface area contributed by atoms with Gasteiger partial charge in [0.2, 0.25) is 0 Å². The van der Waals surface area contributed by atoms with Crippen LogP contribution in [0.1, 0.15) is 11.3 Å². The fraction of sp³-hybridized carbons (Fsp3) is 0.130. The van der Waals surface area contributed by atoms with Crippen LogP contribution in [0.4, 0.5) is 5.69 Å². The average Bonchev–Trinajstić information content (AvgIpc) is 3.29. The van der Waals surface area contributed by atoms with Gasteiger partial charge in [-0.15, -0.1) is 0 Å². The molecule has 0 aliphatic carbocycles. The maximum absolute atomic E-state index is 12.5. The minimum absolute atomic E-state index is 0.00681. The molecule has 2 aromatic carbocycles. The van der Waals surface area contributed by atoms with Gasteiger partial charge in [0.1, 0.15) is 39.7 Å². The Hall–Kier alpha value is -4.29. The number of ether oxygens (including phenoxy) is 2. The van der Waals surface area contributed by atoms with Gasteiger partial charge in [0.15, 0.2) is 0 Å². The number of benzene rings is 2. The molecular weight excluding hydrogens is 450 g/mol. The van der Waals surface area contributed by atoms with Crippen LogP contribution < -0.4 is 14.8 Å². The van der Waals surface area contributed by atoms with Crippen LogP contribution in [0.5, 0.6) is 11.5 Å². The van der Waals surface area contributed by atoms with Crippen molar-refractivity contribution >= 4 is 29.3 Å². The van der Waals surface area contributed by atoms with E-state index in [0.29, 0.717) is 28.4 Å². The van der Waals surface area contributed by atoms with E-state index in [0.717, 1.165) is 0 Å². The second kappa shape index (κ2) is 10.3. The molecule has 0 spiro atoms. The third kappa shape index (κ3) is 5.50. The predicted octanol–water partition coefficient (Wildman–Crippen LogP) is 4.75. The van der Waals surface area contributed by atoms with Gasteiger partial charge in [0.05, 0.1) is 19.1 Å². The third-order valence-electron chi connectivity index (χ3n) is 4.64. The number of hydrogen-bond acceptors (Lipinski definition) is 7. The Morgan fingerprint density at radius 3 is 2.67 bits per heavy atom. The summed E-state index contributed by atoms with van der Waals surface area (Å²) >= 11 is 5.84. The zero-order valence-corrected chi connectivity index (χ0v) is 18.4. The van der Waals surface area contributed by atoms with E-state index in [9.17, 15) is 20.2 Å². The molecule has 3 aromatic rings. The Balaban J connectivity index is 1.76. The number of nitrogens with zero attached hydrogens (tertiary/aromatic N) is 2. The first-order valence-electron chi connectivity index (χ1n) is 9.51. The molecule has 0 atom stereocenters. The topological polar surface area (TPSA) is 128 Å². The molecule has 10 heteroatoms. The van der Waals surface area contributed by atoms with E-state index in [1.807, 2.05) is 6.07 Å². The Kier molecular flexibility index (Phi) is 7.33. The van der Waals surface area contributed by atoms with Crippen molar-refractivity contribution < 1.29 is 23.6 Å². The van der Waals surface area contributed by atoms with E-state index in [1.165, 1.54) is 32.4 Å². The minimum Gasteiger partial charge on any atom is -0.497 e. The van der Waals surface area contributed by atoms with Crippen LogP contribution in [0, 0.1) is 21.4 Å². The lowest BCUT2D eigenvalue weighted by Crippen LogP contribution is -2.24. The molecule has 0 unspecified atom stereocenters. The number of rotatable bonds is 8. The Morgan fingerprint density at radius 2 is 2.00 bits per heavy atom. The Labute approximate surface area is 193 Å². The average molecular weight is 468 g/mol. The van der Waals surface area contributed by atoms with Gasteiger partial charge in [0.25, 0.3) is 11.6 Å². The summed E-state index contributed by atoms with van der Waals surface area (Å²) in [4.78, 5) is 23.0. The summed E-state index contributed by atoms with van der Waals surface area (Å²) in [5.74, 6) is 1.09. The van der Waals surface area contributed by atoms with Gasteiger partial charge >= 0.3 is 0 Å². The number of amides is 1. The van der Waals surface area contributed by atoms with Crippen molar-refractivity contribution in [1.29, 1.82) is 5.26 Å². The molecular formula is C23H18ClN3O6. The molecule has 1 N–H and O–H groups in total. The molecule has 168 valence electrons. The molecule has 9 nitrogen and oxygen atoms in total. The summed E-state index contributed by atoms with van der Waals surface area (Å²) in [5, 5.41) is 23.2. The fourth-order valence-electron chi connectivity index (χ4n) is 2.95. The van der Waals surface area contributed by atoms with E-state index in [4.69, 9.17) is 25.5 Å². The zero-order valence-electron chi connectivity index (χ0n) is 17.6. The van der Waals surface area contributed by atoms with Crippen LogP contribution >= 0.6 is 11.6 Å². The van der Waals surface area contributed by atoms with Crippen LogP contribution in [0.25, 0.3) is 17.4 Å². The largest absolute Gasteiger partial charge is 0.497 e. The zero-order chi connectivity index (χ0) is 24.0. The lowest BCUT2D eigenvalue weighted by atomic mass is 10.1. The lowest BCUT2D eigenvalue weighted by molar-refractivity contribution is -0.384. The number of nitro benzene ring substituents is 1. The van der Waals surface area contributed by atoms with E-state index in [2.05, 4.69) is 5.32 Å². The van der Waals surface area contributed by atoms with E-state index in [1.54, 1.807) is 36.4 Å². The Morgan fingerprint density at radius 1 is 1.21 bits per heavy atom. The molecule has 0 saturated carbocycles. The van der Waals surface area contributed by atoms with Crippen LogP contribution in [-0.4, -0.2) is 25.1 Å². The smallest absolute Gasteiger partial charge is 0.288 e. The summed E-state index contributed by atoms with van der Waals surface area (Å²) < 4.78 is 16.1. The van der Waals surface area contributed by atoms with Gasteiger partial charge in [-0.05, 0) is 36.4 Å². The second-order valence-electron chi connectivity index (χ2n) is 6.66. The highest BCUT2D eigenvalue weighted by Crippen LogP contribution is 2.31. The first-order valence-corrected chi connectivity index (χ1v) is 9.89. The quantitative estimate of drug-likeness (QED) is 0.219. The molecule has 0 bridgehead atoms. The van der Waals surface area contributed by atoms with Crippen molar-refractivity contribution in [3.8, 4) is 28.9 Å². The van der Waals surface area contributed by atoms with Crippen molar-refractivity contribution in [3.05, 3.63) is 80.6 Å². The molecule has 1 heterocycles. The van der Waals surface area contributed by atoms with Crippen LogP contribution in [0.3, 0.4) is 0 Å². The highest BCUT2D eigenvalue weighted by Gasteiger charge is 2.16. The lowest BCUT2D eigenvalue weighted by Gasteiger charge is -2.11. The first kappa shape index (κ1) is 23.4. The van der Waals surface area contributed by atoms with Crippen molar-refractivity contribution in [2.45, 2.75) is 6.54 Å². The molecule has 1 aromatic heterocycles. The van der Waals surface area contributed by atoms with Crippen LogP contribution in [0.15, 0.2) is 58.5 Å². The number of nitro groups is 1. The summed E-state index contributed by atoms with van der Waals surface area (Å²) in [6.45, 7) is 0.128. The van der Waals surface area contributed by atoms with Gasteiger partial charge in [-0.3, -0.25) is 14.9 Å². The van der Waals surface area contributed by atoms with Gasteiger partial charge < -0.3 is 19.2 Å². The SMILES string of the molecule is COc1ccc(CNC(=O)/C(C#N)=C/c2ccc(-c3ccc(Cl)c([N+](=O)[O-])c3)o2)c(OC)c1.